The minimum atomic E-state index is -0.293. The maximum atomic E-state index is 13.2. The Bertz CT molecular complexity index is 1070. The lowest BCUT2D eigenvalue weighted by atomic mass is 9.85. The van der Waals surface area contributed by atoms with Gasteiger partial charge in [-0.1, -0.05) is 11.6 Å². The van der Waals surface area contributed by atoms with Gasteiger partial charge in [0.25, 0.3) is 0 Å². The third kappa shape index (κ3) is 4.99. The van der Waals surface area contributed by atoms with Gasteiger partial charge in [0.1, 0.15) is 5.82 Å². The van der Waals surface area contributed by atoms with Crippen molar-refractivity contribution in [3.05, 3.63) is 59.6 Å². The molecule has 2 aromatic heterocycles. The highest BCUT2D eigenvalue weighted by Gasteiger charge is 2.26. The standard InChI is InChI=1S/C23H23ClFN5O/c1-26-22(31)15-4-8-18(9-5-15)29-23-28-13-19(24)21(30-23)16-10-11-27-20(12-16)14-2-6-17(25)7-3-14/h2-3,6-7,10-13,15,18H,4-5,8-9H2,1H3,(H,26,31)(H,28,29,30). The first-order valence-electron chi connectivity index (χ1n) is 10.3. The van der Waals surface area contributed by atoms with Crippen molar-refractivity contribution in [3.63, 3.8) is 0 Å². The van der Waals surface area contributed by atoms with Gasteiger partial charge in [-0.25, -0.2) is 14.4 Å². The Balaban J connectivity index is 1.52. The maximum Gasteiger partial charge on any atom is 0.223 e. The van der Waals surface area contributed by atoms with Crippen LogP contribution >= 0.6 is 11.6 Å². The van der Waals surface area contributed by atoms with E-state index in [1.807, 2.05) is 12.1 Å². The van der Waals surface area contributed by atoms with E-state index in [1.54, 1.807) is 31.6 Å². The quantitative estimate of drug-likeness (QED) is 0.601. The largest absolute Gasteiger partial charge is 0.359 e. The lowest BCUT2D eigenvalue weighted by molar-refractivity contribution is -0.125. The lowest BCUT2D eigenvalue weighted by Gasteiger charge is -2.28. The SMILES string of the molecule is CNC(=O)C1CCC(Nc2ncc(Cl)c(-c3ccnc(-c4ccc(F)cc4)c3)n2)CC1. The summed E-state index contributed by atoms with van der Waals surface area (Å²) in [5, 5.41) is 6.54. The molecule has 6 nitrogen and oxygen atoms in total. The molecule has 0 saturated heterocycles. The molecule has 1 fully saturated rings. The highest BCUT2D eigenvalue weighted by atomic mass is 35.5. The molecule has 0 spiro atoms. The summed E-state index contributed by atoms with van der Waals surface area (Å²) in [5.74, 6) is 0.395. The molecule has 0 unspecified atom stereocenters. The molecular formula is C23H23ClFN5O. The summed E-state index contributed by atoms with van der Waals surface area (Å²) < 4.78 is 13.2. The number of carbonyl (C=O) groups excluding carboxylic acids is 1. The normalized spacial score (nSPS) is 18.4. The molecule has 0 radical (unpaired) electrons. The zero-order chi connectivity index (χ0) is 21.8. The van der Waals surface area contributed by atoms with Crippen LogP contribution in [0.25, 0.3) is 22.5 Å². The fourth-order valence-electron chi connectivity index (χ4n) is 3.88. The van der Waals surface area contributed by atoms with Gasteiger partial charge in [0, 0.05) is 36.3 Å². The fraction of sp³-hybridized carbons (Fsp3) is 0.304. The Labute approximate surface area is 185 Å². The van der Waals surface area contributed by atoms with Crippen molar-refractivity contribution in [2.45, 2.75) is 31.7 Å². The van der Waals surface area contributed by atoms with E-state index in [2.05, 4.69) is 25.6 Å². The van der Waals surface area contributed by atoms with Gasteiger partial charge in [-0.3, -0.25) is 9.78 Å². The van der Waals surface area contributed by atoms with E-state index in [4.69, 9.17) is 11.6 Å². The molecule has 160 valence electrons. The fourth-order valence-corrected chi connectivity index (χ4v) is 4.08. The van der Waals surface area contributed by atoms with Gasteiger partial charge >= 0.3 is 0 Å². The minimum Gasteiger partial charge on any atom is -0.359 e. The molecule has 3 aromatic rings. The summed E-state index contributed by atoms with van der Waals surface area (Å²) in [4.78, 5) is 25.2. The number of rotatable bonds is 5. The number of halogens is 2. The summed E-state index contributed by atoms with van der Waals surface area (Å²) in [6.07, 6.45) is 6.69. The first-order valence-corrected chi connectivity index (χ1v) is 10.6. The van der Waals surface area contributed by atoms with Gasteiger partial charge in [0.2, 0.25) is 11.9 Å². The first kappa shape index (κ1) is 21.2. The van der Waals surface area contributed by atoms with Crippen molar-refractivity contribution >= 4 is 23.5 Å². The third-order valence-corrected chi connectivity index (χ3v) is 5.87. The number of anilines is 1. The van der Waals surface area contributed by atoms with Crippen molar-refractivity contribution < 1.29 is 9.18 Å². The van der Waals surface area contributed by atoms with Crippen LogP contribution in [0.2, 0.25) is 5.02 Å². The Morgan fingerprint density at radius 2 is 1.81 bits per heavy atom. The second-order valence-corrected chi connectivity index (χ2v) is 8.04. The van der Waals surface area contributed by atoms with Crippen LogP contribution in [0.1, 0.15) is 25.7 Å². The summed E-state index contributed by atoms with van der Waals surface area (Å²) in [5.41, 5.74) is 2.91. The van der Waals surface area contributed by atoms with Gasteiger partial charge in [0.15, 0.2) is 0 Å². The van der Waals surface area contributed by atoms with Gasteiger partial charge in [-0.05, 0) is 62.1 Å². The molecule has 1 aliphatic carbocycles. The number of pyridine rings is 1. The van der Waals surface area contributed by atoms with E-state index in [0.717, 1.165) is 36.8 Å². The average Bonchev–Trinajstić information content (AvgIpc) is 2.81. The Kier molecular flexibility index (Phi) is 6.42. The lowest BCUT2D eigenvalue weighted by Crippen LogP contribution is -2.34. The van der Waals surface area contributed by atoms with Gasteiger partial charge in [-0.2, -0.15) is 0 Å². The van der Waals surface area contributed by atoms with Crippen LogP contribution in [0.3, 0.4) is 0 Å². The summed E-state index contributed by atoms with van der Waals surface area (Å²) in [6, 6.07) is 10.1. The Morgan fingerprint density at radius 1 is 1.06 bits per heavy atom. The number of carbonyl (C=O) groups is 1. The molecule has 4 rings (SSSR count). The number of aromatic nitrogens is 3. The predicted molar refractivity (Wildman–Crippen MR) is 119 cm³/mol. The number of benzene rings is 1. The van der Waals surface area contributed by atoms with Crippen LogP contribution in [-0.2, 0) is 4.79 Å². The van der Waals surface area contributed by atoms with Crippen LogP contribution < -0.4 is 10.6 Å². The van der Waals surface area contributed by atoms with Crippen LogP contribution in [0.5, 0.6) is 0 Å². The number of nitrogens with one attached hydrogen (secondary N) is 2. The Morgan fingerprint density at radius 3 is 2.52 bits per heavy atom. The first-order chi connectivity index (χ1) is 15.0. The molecule has 1 aromatic carbocycles. The van der Waals surface area contributed by atoms with Crippen LogP contribution in [-0.4, -0.2) is 33.9 Å². The van der Waals surface area contributed by atoms with Crippen LogP contribution in [0, 0.1) is 11.7 Å². The van der Waals surface area contributed by atoms with Crippen molar-refractivity contribution in [1.82, 2.24) is 20.3 Å². The maximum absolute atomic E-state index is 13.2. The van der Waals surface area contributed by atoms with Crippen LogP contribution in [0.4, 0.5) is 10.3 Å². The molecule has 1 amide bonds. The van der Waals surface area contributed by atoms with E-state index >= 15 is 0 Å². The summed E-state index contributed by atoms with van der Waals surface area (Å²) in [6.45, 7) is 0. The summed E-state index contributed by atoms with van der Waals surface area (Å²) in [7, 11) is 1.68. The molecule has 0 aliphatic heterocycles. The van der Waals surface area contributed by atoms with Crippen molar-refractivity contribution in [2.24, 2.45) is 5.92 Å². The molecule has 0 bridgehead atoms. The highest BCUT2D eigenvalue weighted by Crippen LogP contribution is 2.30. The predicted octanol–water partition coefficient (Wildman–Crippen LogP) is 4.71. The number of nitrogens with zero attached hydrogens (tertiary/aromatic N) is 3. The second kappa shape index (κ2) is 9.39. The van der Waals surface area contributed by atoms with E-state index < -0.39 is 0 Å². The average molecular weight is 440 g/mol. The van der Waals surface area contributed by atoms with E-state index in [9.17, 15) is 9.18 Å². The van der Waals surface area contributed by atoms with Gasteiger partial charge in [-0.15, -0.1) is 0 Å². The van der Waals surface area contributed by atoms with Crippen molar-refractivity contribution in [2.75, 3.05) is 12.4 Å². The molecular weight excluding hydrogens is 417 g/mol. The zero-order valence-corrected chi connectivity index (χ0v) is 17.9. The number of hydrogen-bond acceptors (Lipinski definition) is 5. The van der Waals surface area contributed by atoms with Crippen molar-refractivity contribution in [1.29, 1.82) is 0 Å². The van der Waals surface area contributed by atoms with E-state index in [-0.39, 0.29) is 23.7 Å². The number of amides is 1. The molecule has 8 heteroatoms. The van der Waals surface area contributed by atoms with Crippen molar-refractivity contribution in [3.8, 4) is 22.5 Å². The molecule has 0 atom stereocenters. The zero-order valence-electron chi connectivity index (χ0n) is 17.1. The Hall–Kier alpha value is -3.06. The van der Waals surface area contributed by atoms with E-state index in [1.165, 1.54) is 12.1 Å². The minimum absolute atomic E-state index is 0.0754. The summed E-state index contributed by atoms with van der Waals surface area (Å²) >= 11 is 6.40. The molecule has 1 saturated carbocycles. The van der Waals surface area contributed by atoms with Gasteiger partial charge < -0.3 is 10.6 Å². The third-order valence-electron chi connectivity index (χ3n) is 5.60. The monoisotopic (exact) mass is 439 g/mol. The molecule has 2 heterocycles. The smallest absolute Gasteiger partial charge is 0.223 e. The number of hydrogen-bond donors (Lipinski definition) is 2. The van der Waals surface area contributed by atoms with Crippen LogP contribution in [0.15, 0.2) is 48.8 Å². The van der Waals surface area contributed by atoms with E-state index in [0.29, 0.717) is 22.4 Å². The topological polar surface area (TPSA) is 79.8 Å². The molecule has 1 aliphatic rings. The molecule has 31 heavy (non-hydrogen) atoms. The second-order valence-electron chi connectivity index (χ2n) is 7.63. The molecule has 2 N–H and O–H groups in total. The van der Waals surface area contributed by atoms with Gasteiger partial charge in [0.05, 0.1) is 22.6 Å². The highest BCUT2D eigenvalue weighted by molar-refractivity contribution is 6.32.